The molecule has 2 rings (SSSR count). The van der Waals surface area contributed by atoms with E-state index in [0.717, 1.165) is 11.3 Å². The van der Waals surface area contributed by atoms with Crippen molar-refractivity contribution < 1.29 is 9.62 Å². The molecular formula is C11H12N4O2S. The maximum atomic E-state index is 8.58. The Morgan fingerprint density at radius 2 is 2.44 bits per heavy atom. The molecule has 94 valence electrons. The predicted molar refractivity (Wildman–Crippen MR) is 67.5 cm³/mol. The average molecular weight is 264 g/mol. The monoisotopic (exact) mass is 264 g/mol. The highest BCUT2D eigenvalue weighted by atomic mass is 32.2. The van der Waals surface area contributed by atoms with E-state index in [1.807, 2.05) is 13.0 Å². The third kappa shape index (κ3) is 3.01. The van der Waals surface area contributed by atoms with Gasteiger partial charge in [0.15, 0.2) is 5.84 Å². The van der Waals surface area contributed by atoms with Gasteiger partial charge in [0, 0.05) is 11.9 Å². The molecule has 18 heavy (non-hydrogen) atoms. The van der Waals surface area contributed by atoms with Gasteiger partial charge in [0.25, 0.3) is 5.22 Å². The van der Waals surface area contributed by atoms with E-state index in [1.165, 1.54) is 11.8 Å². The number of nitrogens with two attached hydrogens (primary N) is 1. The summed E-state index contributed by atoms with van der Waals surface area (Å²) in [6, 6.07) is 3.62. The Morgan fingerprint density at radius 1 is 1.61 bits per heavy atom. The molecule has 0 atom stereocenters. The minimum Gasteiger partial charge on any atom is -0.440 e. The van der Waals surface area contributed by atoms with Crippen LogP contribution in [0, 0.1) is 6.92 Å². The number of aromatic nitrogens is 2. The van der Waals surface area contributed by atoms with Crippen LogP contribution in [0.3, 0.4) is 0 Å². The first-order chi connectivity index (χ1) is 8.69. The molecule has 7 heteroatoms. The molecule has 0 amide bonds. The lowest BCUT2D eigenvalue weighted by Crippen LogP contribution is -2.15. The molecule has 0 bridgehead atoms. The highest BCUT2D eigenvalue weighted by Crippen LogP contribution is 2.21. The van der Waals surface area contributed by atoms with Crippen LogP contribution in [0.25, 0.3) is 0 Å². The lowest BCUT2D eigenvalue weighted by Gasteiger charge is -2.01. The molecule has 0 aliphatic carbocycles. The Labute approximate surface area is 108 Å². The number of nitrogens with zero attached hydrogens (tertiary/aromatic N) is 3. The summed E-state index contributed by atoms with van der Waals surface area (Å²) in [5, 5.41) is 12.1. The summed E-state index contributed by atoms with van der Waals surface area (Å²) in [6.07, 6.45) is 3.22. The topological polar surface area (TPSA) is 97.5 Å². The van der Waals surface area contributed by atoms with Crippen LogP contribution >= 0.6 is 11.8 Å². The highest BCUT2D eigenvalue weighted by Gasteiger charge is 2.05. The molecule has 0 unspecified atom stereocenters. The second kappa shape index (κ2) is 5.54. The predicted octanol–water partition coefficient (Wildman–Crippen LogP) is 1.76. The minimum absolute atomic E-state index is 0.00572. The Kier molecular flexibility index (Phi) is 3.83. The summed E-state index contributed by atoms with van der Waals surface area (Å²) in [7, 11) is 0. The molecule has 3 N–H and O–H groups in total. The molecule has 0 radical (unpaired) electrons. The quantitative estimate of drug-likeness (QED) is 0.287. The third-order valence-electron chi connectivity index (χ3n) is 2.15. The van der Waals surface area contributed by atoms with E-state index in [1.54, 1.807) is 18.5 Å². The van der Waals surface area contributed by atoms with Gasteiger partial charge in [-0.2, -0.15) is 0 Å². The molecule has 0 spiro atoms. The van der Waals surface area contributed by atoms with Gasteiger partial charge >= 0.3 is 0 Å². The summed E-state index contributed by atoms with van der Waals surface area (Å²) in [6.45, 7) is 1.87. The van der Waals surface area contributed by atoms with Gasteiger partial charge in [-0.1, -0.05) is 16.9 Å². The summed E-state index contributed by atoms with van der Waals surface area (Å²) in [5.41, 5.74) is 7.76. The number of hydrogen-bond donors (Lipinski definition) is 2. The van der Waals surface area contributed by atoms with Gasteiger partial charge in [0.05, 0.1) is 5.69 Å². The third-order valence-corrected chi connectivity index (χ3v) is 3.07. The zero-order chi connectivity index (χ0) is 13.0. The smallest absolute Gasteiger partial charge is 0.256 e. The molecule has 2 aromatic rings. The van der Waals surface area contributed by atoms with Crippen molar-refractivity contribution >= 4 is 17.6 Å². The number of rotatable bonds is 4. The molecule has 0 fully saturated rings. The fraction of sp³-hybridized carbons (Fsp3) is 0.182. The van der Waals surface area contributed by atoms with Crippen molar-refractivity contribution in [3.63, 3.8) is 0 Å². The zero-order valence-corrected chi connectivity index (χ0v) is 10.5. The zero-order valence-electron chi connectivity index (χ0n) is 9.70. The van der Waals surface area contributed by atoms with Crippen molar-refractivity contribution in [1.29, 1.82) is 0 Å². The number of pyridine rings is 1. The van der Waals surface area contributed by atoms with Gasteiger partial charge in [0.2, 0.25) is 0 Å². The minimum atomic E-state index is -0.00572. The van der Waals surface area contributed by atoms with Crippen molar-refractivity contribution in [3.8, 4) is 0 Å². The Hall–Kier alpha value is -2.02. The number of thioether (sulfide) groups is 1. The van der Waals surface area contributed by atoms with Gasteiger partial charge in [-0.25, -0.2) is 4.98 Å². The highest BCUT2D eigenvalue weighted by molar-refractivity contribution is 7.98. The van der Waals surface area contributed by atoms with Gasteiger partial charge in [0.1, 0.15) is 12.0 Å². The fourth-order valence-electron chi connectivity index (χ4n) is 1.30. The van der Waals surface area contributed by atoms with Crippen LogP contribution < -0.4 is 5.73 Å². The number of oxazole rings is 1. The first-order valence-corrected chi connectivity index (χ1v) is 6.15. The molecular weight excluding hydrogens is 252 g/mol. The van der Waals surface area contributed by atoms with Crippen molar-refractivity contribution in [2.45, 2.75) is 17.9 Å². The Morgan fingerprint density at radius 3 is 3.11 bits per heavy atom. The van der Waals surface area contributed by atoms with Crippen LogP contribution in [-0.4, -0.2) is 21.0 Å². The molecule has 0 saturated heterocycles. The van der Waals surface area contributed by atoms with E-state index in [9.17, 15) is 0 Å². The van der Waals surface area contributed by atoms with Crippen LogP contribution in [-0.2, 0) is 5.75 Å². The maximum Gasteiger partial charge on any atom is 0.256 e. The van der Waals surface area contributed by atoms with E-state index in [2.05, 4.69) is 15.1 Å². The van der Waals surface area contributed by atoms with Crippen LogP contribution in [0.4, 0.5) is 0 Å². The van der Waals surface area contributed by atoms with Crippen molar-refractivity contribution in [1.82, 2.24) is 9.97 Å². The van der Waals surface area contributed by atoms with Gasteiger partial charge < -0.3 is 15.4 Å². The largest absolute Gasteiger partial charge is 0.440 e. The summed E-state index contributed by atoms with van der Waals surface area (Å²) < 4.78 is 5.23. The molecule has 0 aliphatic heterocycles. The summed E-state index contributed by atoms with van der Waals surface area (Å²) in [5.74, 6) is 0.669. The lowest BCUT2D eigenvalue weighted by atomic mass is 10.2. The van der Waals surface area contributed by atoms with Gasteiger partial charge in [-0.3, -0.25) is 4.98 Å². The second-order valence-electron chi connectivity index (χ2n) is 3.58. The second-order valence-corrected chi connectivity index (χ2v) is 4.50. The number of amidine groups is 1. The van der Waals surface area contributed by atoms with Crippen molar-refractivity contribution in [2.24, 2.45) is 10.9 Å². The van der Waals surface area contributed by atoms with E-state index in [-0.39, 0.29) is 5.84 Å². The molecule has 2 aromatic heterocycles. The summed E-state index contributed by atoms with van der Waals surface area (Å²) in [4.78, 5) is 8.20. The molecule has 0 aromatic carbocycles. The first kappa shape index (κ1) is 12.4. The molecule has 0 aliphatic rings. The van der Waals surface area contributed by atoms with Crippen LogP contribution in [0.15, 0.2) is 39.4 Å². The normalized spacial score (nSPS) is 11.7. The van der Waals surface area contributed by atoms with Crippen molar-refractivity contribution in [3.05, 3.63) is 41.5 Å². The number of hydrogen-bond acceptors (Lipinski definition) is 6. The maximum absolute atomic E-state index is 8.58. The van der Waals surface area contributed by atoms with Crippen LogP contribution in [0.1, 0.15) is 17.0 Å². The van der Waals surface area contributed by atoms with Gasteiger partial charge in [-0.05, 0) is 24.6 Å². The first-order valence-electron chi connectivity index (χ1n) is 5.17. The SMILES string of the molecule is Cc1coc(SCc2ccnc(/C(N)=N/O)c2)n1. The Bertz CT molecular complexity index is 568. The summed E-state index contributed by atoms with van der Waals surface area (Å²) >= 11 is 1.47. The fourth-order valence-corrected chi connectivity index (χ4v) is 2.09. The molecule has 6 nitrogen and oxygen atoms in total. The van der Waals surface area contributed by atoms with E-state index >= 15 is 0 Å². The van der Waals surface area contributed by atoms with E-state index in [4.69, 9.17) is 15.4 Å². The Balaban J connectivity index is 2.05. The van der Waals surface area contributed by atoms with Gasteiger partial charge in [-0.15, -0.1) is 0 Å². The van der Waals surface area contributed by atoms with Crippen LogP contribution in [0.2, 0.25) is 0 Å². The van der Waals surface area contributed by atoms with Crippen LogP contribution in [0.5, 0.6) is 0 Å². The molecule has 2 heterocycles. The van der Waals surface area contributed by atoms with E-state index in [0.29, 0.717) is 16.7 Å². The van der Waals surface area contributed by atoms with Crippen molar-refractivity contribution in [2.75, 3.05) is 0 Å². The lowest BCUT2D eigenvalue weighted by molar-refractivity contribution is 0.318. The van der Waals surface area contributed by atoms with E-state index < -0.39 is 0 Å². The standard InChI is InChI=1S/C11H12N4O2S/c1-7-5-17-11(14-7)18-6-8-2-3-13-9(4-8)10(12)15-16/h2-5,16H,6H2,1H3,(H2,12,15). The average Bonchev–Trinajstić information content (AvgIpc) is 2.81. The molecule has 0 saturated carbocycles. The number of oxime groups is 1. The number of aryl methyl sites for hydroxylation is 1.